The number of nitrogens with one attached hydrogen (secondary N) is 1. The van der Waals surface area contributed by atoms with Crippen LogP contribution in [-0.4, -0.2) is 45.6 Å². The minimum atomic E-state index is 0.649. The molecule has 0 bridgehead atoms. The highest BCUT2D eigenvalue weighted by molar-refractivity contribution is 4.93. The van der Waals surface area contributed by atoms with Gasteiger partial charge in [-0.25, -0.2) is 0 Å². The molecule has 1 N–H and O–H groups in total. The number of hydrogen-bond acceptors (Lipinski definition) is 4. The lowest BCUT2D eigenvalue weighted by molar-refractivity contribution is 0.185. The third kappa shape index (κ3) is 3.02. The zero-order valence-electron chi connectivity index (χ0n) is 10.2. The number of hydrogen-bond donors (Lipinski definition) is 1. The Balaban J connectivity index is 1.85. The van der Waals surface area contributed by atoms with Gasteiger partial charge >= 0.3 is 0 Å². The van der Waals surface area contributed by atoms with Crippen molar-refractivity contribution in [2.75, 3.05) is 19.6 Å². The van der Waals surface area contributed by atoms with E-state index in [9.17, 15) is 0 Å². The standard InChI is InChI=1S/C11H21N5/c1-3-4-10-8-16(6-5-12-10)9-11-7-15(2)14-13-11/h7,10,12H,3-6,8-9H2,1-2H3. The van der Waals surface area contributed by atoms with Gasteiger partial charge in [0, 0.05) is 45.5 Å². The van der Waals surface area contributed by atoms with E-state index in [1.807, 2.05) is 13.2 Å². The molecule has 90 valence electrons. The Morgan fingerprint density at radius 3 is 3.12 bits per heavy atom. The fourth-order valence-corrected chi connectivity index (χ4v) is 2.28. The van der Waals surface area contributed by atoms with Gasteiger partial charge in [-0.1, -0.05) is 18.6 Å². The van der Waals surface area contributed by atoms with E-state index in [0.717, 1.165) is 31.9 Å². The molecule has 16 heavy (non-hydrogen) atoms. The topological polar surface area (TPSA) is 46.0 Å². The van der Waals surface area contributed by atoms with Crippen LogP contribution in [0.25, 0.3) is 0 Å². The summed E-state index contributed by atoms with van der Waals surface area (Å²) in [5.74, 6) is 0. The van der Waals surface area contributed by atoms with E-state index in [4.69, 9.17) is 0 Å². The first-order valence-corrected chi connectivity index (χ1v) is 6.09. The molecule has 0 aromatic carbocycles. The second-order valence-electron chi connectivity index (χ2n) is 4.56. The Labute approximate surface area is 96.8 Å². The van der Waals surface area contributed by atoms with Crippen molar-refractivity contribution in [2.24, 2.45) is 7.05 Å². The van der Waals surface area contributed by atoms with Crippen LogP contribution in [0, 0.1) is 0 Å². The van der Waals surface area contributed by atoms with Crippen LogP contribution in [0.3, 0.4) is 0 Å². The fourth-order valence-electron chi connectivity index (χ4n) is 2.28. The summed E-state index contributed by atoms with van der Waals surface area (Å²) < 4.78 is 1.76. The molecule has 1 aromatic rings. The number of aromatic nitrogens is 3. The van der Waals surface area contributed by atoms with Crippen LogP contribution in [0.1, 0.15) is 25.5 Å². The van der Waals surface area contributed by atoms with E-state index in [2.05, 4.69) is 27.5 Å². The predicted octanol–water partition coefficient (Wildman–Crippen LogP) is 0.389. The molecule has 1 fully saturated rings. The van der Waals surface area contributed by atoms with Gasteiger partial charge in [0.25, 0.3) is 0 Å². The summed E-state index contributed by atoms with van der Waals surface area (Å²) in [6, 6.07) is 0.649. The van der Waals surface area contributed by atoms with Gasteiger partial charge in [-0.3, -0.25) is 9.58 Å². The molecule has 1 unspecified atom stereocenters. The van der Waals surface area contributed by atoms with Crippen molar-refractivity contribution in [3.05, 3.63) is 11.9 Å². The maximum atomic E-state index is 4.13. The zero-order chi connectivity index (χ0) is 11.4. The van der Waals surface area contributed by atoms with Crippen molar-refractivity contribution in [3.63, 3.8) is 0 Å². The van der Waals surface area contributed by atoms with E-state index in [1.165, 1.54) is 12.8 Å². The minimum Gasteiger partial charge on any atom is -0.311 e. The first kappa shape index (κ1) is 11.5. The zero-order valence-corrected chi connectivity index (χ0v) is 10.2. The maximum absolute atomic E-state index is 4.13. The Hall–Kier alpha value is -0.940. The van der Waals surface area contributed by atoms with Crippen LogP contribution in [0.2, 0.25) is 0 Å². The number of aryl methyl sites for hydroxylation is 1. The van der Waals surface area contributed by atoms with Crippen LogP contribution in [-0.2, 0) is 13.6 Å². The molecule has 1 atom stereocenters. The molecule has 5 nitrogen and oxygen atoms in total. The van der Waals surface area contributed by atoms with E-state index < -0.39 is 0 Å². The van der Waals surface area contributed by atoms with Crippen LogP contribution in [0.5, 0.6) is 0 Å². The molecule has 1 aliphatic heterocycles. The first-order valence-electron chi connectivity index (χ1n) is 6.09. The Morgan fingerprint density at radius 2 is 2.44 bits per heavy atom. The summed E-state index contributed by atoms with van der Waals surface area (Å²) in [5, 5.41) is 11.7. The number of piperazine rings is 1. The molecule has 1 aliphatic rings. The van der Waals surface area contributed by atoms with E-state index >= 15 is 0 Å². The fraction of sp³-hybridized carbons (Fsp3) is 0.818. The first-order chi connectivity index (χ1) is 7.78. The molecule has 0 radical (unpaired) electrons. The lowest BCUT2D eigenvalue weighted by atomic mass is 10.1. The molecule has 0 aliphatic carbocycles. The monoisotopic (exact) mass is 223 g/mol. The predicted molar refractivity (Wildman–Crippen MR) is 63.0 cm³/mol. The van der Waals surface area contributed by atoms with Crippen LogP contribution in [0.4, 0.5) is 0 Å². The largest absolute Gasteiger partial charge is 0.311 e. The second kappa shape index (κ2) is 5.41. The van der Waals surface area contributed by atoms with Crippen LogP contribution < -0.4 is 5.32 Å². The van der Waals surface area contributed by atoms with Crippen molar-refractivity contribution < 1.29 is 0 Å². The summed E-state index contributed by atoms with van der Waals surface area (Å²) in [6.45, 7) is 6.49. The molecule has 1 aromatic heterocycles. The molecule has 2 rings (SSSR count). The van der Waals surface area contributed by atoms with E-state index in [-0.39, 0.29) is 0 Å². The van der Waals surface area contributed by atoms with Gasteiger partial charge in [-0.15, -0.1) is 5.10 Å². The van der Waals surface area contributed by atoms with Crippen LogP contribution >= 0.6 is 0 Å². The summed E-state index contributed by atoms with van der Waals surface area (Å²) in [5.41, 5.74) is 1.07. The van der Waals surface area contributed by atoms with Gasteiger partial charge in [-0.2, -0.15) is 0 Å². The summed E-state index contributed by atoms with van der Waals surface area (Å²) in [4.78, 5) is 2.46. The third-order valence-corrected chi connectivity index (χ3v) is 3.01. The SMILES string of the molecule is CCCC1CN(Cc2cn(C)nn2)CCN1. The van der Waals surface area contributed by atoms with E-state index in [0.29, 0.717) is 6.04 Å². The van der Waals surface area contributed by atoms with Gasteiger partial charge in [0.2, 0.25) is 0 Å². The van der Waals surface area contributed by atoms with Crippen molar-refractivity contribution >= 4 is 0 Å². The molecule has 0 saturated carbocycles. The molecule has 0 amide bonds. The van der Waals surface area contributed by atoms with Crippen molar-refractivity contribution in [3.8, 4) is 0 Å². The van der Waals surface area contributed by atoms with Crippen molar-refractivity contribution in [1.29, 1.82) is 0 Å². The minimum absolute atomic E-state index is 0.649. The average molecular weight is 223 g/mol. The van der Waals surface area contributed by atoms with Gasteiger partial charge in [0.1, 0.15) is 0 Å². The highest BCUT2D eigenvalue weighted by atomic mass is 15.4. The Morgan fingerprint density at radius 1 is 1.56 bits per heavy atom. The normalized spacial score (nSPS) is 22.5. The Kier molecular flexibility index (Phi) is 3.90. The molecule has 5 heteroatoms. The molecular weight excluding hydrogens is 202 g/mol. The highest BCUT2D eigenvalue weighted by Gasteiger charge is 2.19. The smallest absolute Gasteiger partial charge is 0.0967 e. The Bertz CT molecular complexity index is 320. The van der Waals surface area contributed by atoms with Crippen LogP contribution in [0.15, 0.2) is 6.20 Å². The quantitative estimate of drug-likeness (QED) is 0.802. The van der Waals surface area contributed by atoms with Gasteiger partial charge in [0.15, 0.2) is 0 Å². The summed E-state index contributed by atoms with van der Waals surface area (Å²) >= 11 is 0. The maximum Gasteiger partial charge on any atom is 0.0967 e. The van der Waals surface area contributed by atoms with Crippen molar-refractivity contribution in [2.45, 2.75) is 32.4 Å². The third-order valence-electron chi connectivity index (χ3n) is 3.01. The second-order valence-corrected chi connectivity index (χ2v) is 4.56. The van der Waals surface area contributed by atoms with Crippen molar-refractivity contribution in [1.82, 2.24) is 25.2 Å². The number of rotatable bonds is 4. The molecule has 1 saturated heterocycles. The molecule has 2 heterocycles. The summed E-state index contributed by atoms with van der Waals surface area (Å²) in [7, 11) is 1.91. The molecule has 0 spiro atoms. The average Bonchev–Trinajstić information content (AvgIpc) is 2.65. The summed E-state index contributed by atoms with van der Waals surface area (Å²) in [6.07, 6.45) is 4.50. The molecular formula is C11H21N5. The number of nitrogens with zero attached hydrogens (tertiary/aromatic N) is 4. The van der Waals surface area contributed by atoms with Gasteiger partial charge < -0.3 is 5.32 Å². The highest BCUT2D eigenvalue weighted by Crippen LogP contribution is 2.08. The van der Waals surface area contributed by atoms with Gasteiger partial charge in [0.05, 0.1) is 5.69 Å². The van der Waals surface area contributed by atoms with E-state index in [1.54, 1.807) is 4.68 Å². The lowest BCUT2D eigenvalue weighted by Gasteiger charge is -2.33. The van der Waals surface area contributed by atoms with Gasteiger partial charge in [-0.05, 0) is 6.42 Å². The lowest BCUT2D eigenvalue weighted by Crippen LogP contribution is -2.50.